The summed E-state index contributed by atoms with van der Waals surface area (Å²) in [5.41, 5.74) is 9.07. The molecule has 0 bridgehead atoms. The number of nitrogens with zero attached hydrogens (tertiary/aromatic N) is 1. The van der Waals surface area contributed by atoms with Gasteiger partial charge in [-0.2, -0.15) is 0 Å². The Morgan fingerprint density at radius 2 is 1.24 bits per heavy atom. The van der Waals surface area contributed by atoms with Gasteiger partial charge in [0.2, 0.25) is 0 Å². The normalized spacial score (nSPS) is 12.2. The lowest BCUT2D eigenvalue weighted by molar-refractivity contribution is -0.144. The molecule has 2 unspecified atom stereocenters. The van der Waals surface area contributed by atoms with Crippen molar-refractivity contribution in [1.82, 2.24) is 0 Å². The Morgan fingerprint density at radius 3 is 1.91 bits per heavy atom. The monoisotopic (exact) mass is 595 g/mol. The molecular formula is C40H37NO4. The predicted octanol–water partition coefficient (Wildman–Crippen LogP) is 10.2. The van der Waals surface area contributed by atoms with Crippen molar-refractivity contribution < 1.29 is 19.1 Å². The van der Waals surface area contributed by atoms with E-state index in [4.69, 9.17) is 9.47 Å². The number of carbonyl (C=O) groups is 2. The molecule has 0 spiro atoms. The summed E-state index contributed by atoms with van der Waals surface area (Å²) in [5, 5.41) is 2.34. The van der Waals surface area contributed by atoms with Crippen molar-refractivity contribution in [3.05, 3.63) is 151 Å². The molecule has 5 nitrogen and oxygen atoms in total. The van der Waals surface area contributed by atoms with Crippen molar-refractivity contribution in [1.29, 1.82) is 0 Å². The van der Waals surface area contributed by atoms with Crippen LogP contribution in [0.3, 0.4) is 0 Å². The van der Waals surface area contributed by atoms with E-state index in [-0.39, 0.29) is 0 Å². The Balaban J connectivity index is 1.57. The second kappa shape index (κ2) is 13.5. The minimum atomic E-state index is -0.596. The number of benzene rings is 5. The first-order valence-electron chi connectivity index (χ1n) is 15.0. The highest BCUT2D eigenvalue weighted by atomic mass is 16.5. The predicted molar refractivity (Wildman–Crippen MR) is 183 cm³/mol. The minimum Gasteiger partial charge on any atom is -0.455 e. The molecule has 5 aromatic carbocycles. The van der Waals surface area contributed by atoms with Gasteiger partial charge >= 0.3 is 11.9 Å². The van der Waals surface area contributed by atoms with E-state index in [1.54, 1.807) is 13.8 Å². The van der Waals surface area contributed by atoms with E-state index in [1.165, 1.54) is 16.5 Å². The standard InChI is InChI=1S/C40H37NO4/c1-7-39(42)44-28(5)35-23-19-32(25-37(35)29(6)45-40(43)8-2)30-17-21-33(22-18-30)41(34-20-16-26(3)27(4)24-34)38-15-11-13-31-12-9-10-14-36(31)38/h7-25,28-29H,1-2H2,3-6H3. The van der Waals surface area contributed by atoms with Gasteiger partial charge in [0.1, 0.15) is 12.2 Å². The molecule has 0 aliphatic heterocycles. The highest BCUT2D eigenvalue weighted by Gasteiger charge is 2.21. The Bertz CT molecular complexity index is 1880. The lowest BCUT2D eigenvalue weighted by Gasteiger charge is -2.27. The maximum absolute atomic E-state index is 12.1. The Hall–Kier alpha value is -5.42. The van der Waals surface area contributed by atoms with Crippen LogP contribution in [0.1, 0.15) is 48.3 Å². The van der Waals surface area contributed by atoms with Gasteiger partial charge in [0.15, 0.2) is 0 Å². The highest BCUT2D eigenvalue weighted by Crippen LogP contribution is 2.40. The third-order valence-corrected chi connectivity index (χ3v) is 8.10. The average Bonchev–Trinajstić information content (AvgIpc) is 3.06. The van der Waals surface area contributed by atoms with Crippen LogP contribution in [0.4, 0.5) is 17.1 Å². The number of carbonyl (C=O) groups excluding carboxylic acids is 2. The van der Waals surface area contributed by atoms with E-state index in [0.29, 0.717) is 0 Å². The highest BCUT2D eigenvalue weighted by molar-refractivity contribution is 5.99. The maximum atomic E-state index is 12.1. The van der Waals surface area contributed by atoms with Crippen LogP contribution in [-0.4, -0.2) is 11.9 Å². The third kappa shape index (κ3) is 6.73. The van der Waals surface area contributed by atoms with Crippen molar-refractivity contribution in [2.24, 2.45) is 0 Å². The molecule has 5 aromatic rings. The number of rotatable bonds is 10. The number of hydrogen-bond acceptors (Lipinski definition) is 5. The quantitative estimate of drug-likeness (QED) is 0.119. The lowest BCUT2D eigenvalue weighted by atomic mass is 9.94. The summed E-state index contributed by atoms with van der Waals surface area (Å²) in [7, 11) is 0. The summed E-state index contributed by atoms with van der Waals surface area (Å²) in [6.45, 7) is 14.8. The molecule has 0 amide bonds. The fourth-order valence-electron chi connectivity index (χ4n) is 5.55. The molecule has 0 saturated carbocycles. The Kier molecular flexibility index (Phi) is 9.29. The van der Waals surface area contributed by atoms with Crippen LogP contribution in [-0.2, 0) is 19.1 Å². The zero-order valence-electron chi connectivity index (χ0n) is 26.1. The fraction of sp³-hybridized carbons (Fsp3) is 0.150. The van der Waals surface area contributed by atoms with Crippen LogP contribution in [0, 0.1) is 13.8 Å². The first-order chi connectivity index (χ1) is 21.7. The van der Waals surface area contributed by atoms with Gasteiger partial charge in [0.25, 0.3) is 0 Å². The molecule has 0 saturated heterocycles. The first-order valence-corrected chi connectivity index (χ1v) is 15.0. The zero-order chi connectivity index (χ0) is 32.1. The van der Waals surface area contributed by atoms with Crippen molar-refractivity contribution in [3.63, 3.8) is 0 Å². The number of esters is 2. The van der Waals surface area contributed by atoms with Gasteiger partial charge in [0.05, 0.1) is 5.69 Å². The molecular weight excluding hydrogens is 558 g/mol. The lowest BCUT2D eigenvalue weighted by Crippen LogP contribution is -2.13. The van der Waals surface area contributed by atoms with E-state index in [0.717, 1.165) is 56.9 Å². The number of hydrogen-bond donors (Lipinski definition) is 0. The molecule has 5 heteroatoms. The molecule has 0 heterocycles. The van der Waals surface area contributed by atoms with Gasteiger partial charge in [-0.25, -0.2) is 9.59 Å². The van der Waals surface area contributed by atoms with Crippen LogP contribution >= 0.6 is 0 Å². The molecule has 2 atom stereocenters. The van der Waals surface area contributed by atoms with Gasteiger partial charge in [0, 0.05) is 28.9 Å². The number of aryl methyl sites for hydroxylation is 2. The van der Waals surface area contributed by atoms with Crippen LogP contribution in [0.15, 0.2) is 128 Å². The van der Waals surface area contributed by atoms with E-state index in [1.807, 2.05) is 18.2 Å². The van der Waals surface area contributed by atoms with Crippen molar-refractivity contribution in [2.45, 2.75) is 39.9 Å². The summed E-state index contributed by atoms with van der Waals surface area (Å²) in [6, 6.07) is 35.7. The van der Waals surface area contributed by atoms with Crippen molar-refractivity contribution in [3.8, 4) is 11.1 Å². The van der Waals surface area contributed by atoms with Crippen LogP contribution in [0.25, 0.3) is 21.9 Å². The number of fused-ring (bicyclic) bond motifs is 1. The second-order valence-electron chi connectivity index (χ2n) is 11.1. The largest absolute Gasteiger partial charge is 0.455 e. The van der Waals surface area contributed by atoms with E-state index < -0.39 is 24.1 Å². The molecule has 5 rings (SSSR count). The summed E-state index contributed by atoms with van der Waals surface area (Å²) in [4.78, 5) is 26.3. The molecule has 0 aliphatic rings. The van der Waals surface area contributed by atoms with Gasteiger partial charge in [-0.05, 0) is 103 Å². The molecule has 0 radical (unpaired) electrons. The number of ether oxygens (including phenoxy) is 2. The van der Waals surface area contributed by atoms with Gasteiger partial charge in [-0.1, -0.05) is 79.9 Å². The smallest absolute Gasteiger partial charge is 0.330 e. The first kappa shape index (κ1) is 31.0. The van der Waals surface area contributed by atoms with E-state index in [2.05, 4.69) is 117 Å². The summed E-state index contributed by atoms with van der Waals surface area (Å²) in [5.74, 6) is -1.05. The van der Waals surface area contributed by atoms with Gasteiger partial charge in [-0.3, -0.25) is 0 Å². The minimum absolute atomic E-state index is 0.525. The second-order valence-corrected chi connectivity index (χ2v) is 11.1. The third-order valence-electron chi connectivity index (χ3n) is 8.10. The maximum Gasteiger partial charge on any atom is 0.330 e. The topological polar surface area (TPSA) is 55.8 Å². The fourth-order valence-corrected chi connectivity index (χ4v) is 5.55. The van der Waals surface area contributed by atoms with Crippen molar-refractivity contribution in [2.75, 3.05) is 4.90 Å². The van der Waals surface area contributed by atoms with Crippen molar-refractivity contribution >= 4 is 39.8 Å². The molecule has 226 valence electrons. The van der Waals surface area contributed by atoms with E-state index in [9.17, 15) is 9.59 Å². The molecule has 0 N–H and O–H groups in total. The average molecular weight is 596 g/mol. The van der Waals surface area contributed by atoms with Gasteiger partial charge < -0.3 is 14.4 Å². The van der Waals surface area contributed by atoms with Crippen LogP contribution < -0.4 is 4.90 Å². The van der Waals surface area contributed by atoms with E-state index >= 15 is 0 Å². The zero-order valence-corrected chi connectivity index (χ0v) is 26.1. The molecule has 0 fully saturated rings. The summed E-state index contributed by atoms with van der Waals surface area (Å²) >= 11 is 0. The Labute approximate surface area is 265 Å². The summed E-state index contributed by atoms with van der Waals surface area (Å²) < 4.78 is 11.1. The SMILES string of the molecule is C=CC(=O)OC(C)c1ccc(-c2ccc(N(c3ccc(C)c(C)c3)c3cccc4ccccc34)cc2)cc1C(C)OC(=O)C=C. The van der Waals surface area contributed by atoms with Gasteiger partial charge in [-0.15, -0.1) is 0 Å². The molecule has 0 aromatic heterocycles. The Morgan fingerprint density at radius 1 is 0.644 bits per heavy atom. The molecule has 0 aliphatic carbocycles. The number of anilines is 3. The van der Waals surface area contributed by atoms with Crippen LogP contribution in [0.2, 0.25) is 0 Å². The molecule has 45 heavy (non-hydrogen) atoms. The summed E-state index contributed by atoms with van der Waals surface area (Å²) in [6.07, 6.45) is 1.10. The van der Waals surface area contributed by atoms with Crippen LogP contribution in [0.5, 0.6) is 0 Å².